The molecule has 1 heterocycles. The Morgan fingerprint density at radius 1 is 0.812 bits per heavy atom. The summed E-state index contributed by atoms with van der Waals surface area (Å²) in [6.07, 6.45) is 8.60. The minimum Gasteiger partial charge on any atom is -0.490 e. The molecule has 2 aromatic carbocycles. The van der Waals surface area contributed by atoms with Gasteiger partial charge in [0.1, 0.15) is 0 Å². The normalized spacial score (nSPS) is 18.6. The van der Waals surface area contributed by atoms with E-state index in [0.29, 0.717) is 31.3 Å². The lowest BCUT2D eigenvalue weighted by atomic mass is 10.0. The highest BCUT2D eigenvalue weighted by molar-refractivity contribution is 5.65. The van der Waals surface area contributed by atoms with Gasteiger partial charge in [0.25, 0.3) is 0 Å². The average molecular weight is 447 g/mol. The number of halogens is 2. The molecule has 2 aromatic rings. The minimum atomic E-state index is -0.938. The lowest BCUT2D eigenvalue weighted by Crippen LogP contribution is -2.27. The van der Waals surface area contributed by atoms with Crippen LogP contribution in [0.15, 0.2) is 36.4 Å². The van der Waals surface area contributed by atoms with E-state index in [0.717, 1.165) is 31.2 Å². The van der Waals surface area contributed by atoms with Crippen molar-refractivity contribution in [3.05, 3.63) is 53.6 Å². The zero-order chi connectivity index (χ0) is 22.8. The quantitative estimate of drug-likeness (QED) is 0.311. The van der Waals surface area contributed by atoms with Crippen LogP contribution in [0.5, 0.6) is 5.75 Å². The molecule has 3 rings (SSSR count). The summed E-state index contributed by atoms with van der Waals surface area (Å²) in [4.78, 5) is 0. The van der Waals surface area contributed by atoms with E-state index in [4.69, 9.17) is 14.2 Å². The Bertz CT molecular complexity index is 814. The molecule has 0 spiro atoms. The highest BCUT2D eigenvalue weighted by Gasteiger charge is 2.23. The van der Waals surface area contributed by atoms with Crippen molar-refractivity contribution in [3.63, 3.8) is 0 Å². The first-order chi connectivity index (χ1) is 15.6. The van der Waals surface area contributed by atoms with Gasteiger partial charge in [-0.25, -0.2) is 4.39 Å². The maximum Gasteiger partial charge on any atom is 0.201 e. The maximum atomic E-state index is 14.7. The number of hydrogen-bond donors (Lipinski definition) is 0. The Balaban J connectivity index is 1.56. The van der Waals surface area contributed by atoms with Crippen LogP contribution < -0.4 is 4.74 Å². The van der Waals surface area contributed by atoms with Crippen molar-refractivity contribution in [2.24, 2.45) is 5.92 Å². The predicted molar refractivity (Wildman–Crippen MR) is 124 cm³/mol. The fourth-order valence-corrected chi connectivity index (χ4v) is 3.98. The molecule has 32 heavy (non-hydrogen) atoms. The SMILES string of the molecule is CCCCCCC1COC(c2ccc(-c3ccc(OCCCCC)c(F)c3F)cc2)OC1. The van der Waals surface area contributed by atoms with Gasteiger partial charge in [-0.2, -0.15) is 4.39 Å². The molecule has 0 saturated carbocycles. The molecule has 3 nitrogen and oxygen atoms in total. The maximum absolute atomic E-state index is 14.7. The van der Waals surface area contributed by atoms with Crippen LogP contribution >= 0.6 is 0 Å². The van der Waals surface area contributed by atoms with Crippen LogP contribution in [0.1, 0.15) is 77.1 Å². The van der Waals surface area contributed by atoms with Crippen LogP contribution in [0.25, 0.3) is 11.1 Å². The molecule has 0 aromatic heterocycles. The Kier molecular flexibility index (Phi) is 9.94. The van der Waals surface area contributed by atoms with E-state index in [1.807, 2.05) is 12.1 Å². The molecule has 0 amide bonds. The first kappa shape index (κ1) is 24.7. The van der Waals surface area contributed by atoms with Gasteiger partial charge in [-0.15, -0.1) is 0 Å². The van der Waals surface area contributed by atoms with Crippen molar-refractivity contribution in [3.8, 4) is 16.9 Å². The average Bonchev–Trinajstić information content (AvgIpc) is 2.83. The zero-order valence-electron chi connectivity index (χ0n) is 19.4. The lowest BCUT2D eigenvalue weighted by Gasteiger charge is -2.29. The third kappa shape index (κ3) is 6.76. The van der Waals surface area contributed by atoms with Crippen molar-refractivity contribution in [1.29, 1.82) is 0 Å². The Labute approximate surface area is 191 Å². The smallest absolute Gasteiger partial charge is 0.201 e. The van der Waals surface area contributed by atoms with Crippen molar-refractivity contribution >= 4 is 0 Å². The topological polar surface area (TPSA) is 27.7 Å². The molecular formula is C27H36F2O3. The number of ether oxygens (including phenoxy) is 3. The molecule has 1 fully saturated rings. The van der Waals surface area contributed by atoms with Gasteiger partial charge < -0.3 is 14.2 Å². The molecule has 0 bridgehead atoms. The molecule has 0 aliphatic carbocycles. The van der Waals surface area contributed by atoms with E-state index in [1.165, 1.54) is 31.7 Å². The molecule has 0 N–H and O–H groups in total. The first-order valence-corrected chi connectivity index (χ1v) is 12.1. The highest BCUT2D eigenvalue weighted by Crippen LogP contribution is 2.32. The monoisotopic (exact) mass is 446 g/mol. The molecule has 0 radical (unpaired) electrons. The van der Waals surface area contributed by atoms with Crippen molar-refractivity contribution in [2.45, 2.75) is 71.5 Å². The summed E-state index contributed by atoms with van der Waals surface area (Å²) < 4.78 is 46.4. The van der Waals surface area contributed by atoms with E-state index in [1.54, 1.807) is 18.2 Å². The Morgan fingerprint density at radius 2 is 1.50 bits per heavy atom. The summed E-state index contributed by atoms with van der Waals surface area (Å²) in [7, 11) is 0. The number of rotatable bonds is 12. The van der Waals surface area contributed by atoms with Crippen molar-refractivity contribution in [2.75, 3.05) is 19.8 Å². The third-order valence-corrected chi connectivity index (χ3v) is 5.98. The molecule has 1 saturated heterocycles. The van der Waals surface area contributed by atoms with Crippen LogP contribution in [-0.4, -0.2) is 19.8 Å². The van der Waals surface area contributed by atoms with Crippen LogP contribution in [0, 0.1) is 17.6 Å². The highest BCUT2D eigenvalue weighted by atomic mass is 19.2. The van der Waals surface area contributed by atoms with Gasteiger partial charge in [0.2, 0.25) is 5.82 Å². The summed E-state index contributed by atoms with van der Waals surface area (Å²) in [5.41, 5.74) is 1.70. The molecule has 5 heteroatoms. The van der Waals surface area contributed by atoms with Crippen LogP contribution in [0.4, 0.5) is 8.78 Å². The second-order valence-electron chi connectivity index (χ2n) is 8.63. The number of benzene rings is 2. The largest absolute Gasteiger partial charge is 0.490 e. The van der Waals surface area contributed by atoms with Crippen molar-refractivity contribution in [1.82, 2.24) is 0 Å². The number of unbranched alkanes of at least 4 members (excludes halogenated alkanes) is 5. The van der Waals surface area contributed by atoms with Gasteiger partial charge in [-0.1, -0.05) is 76.6 Å². The van der Waals surface area contributed by atoms with E-state index >= 15 is 0 Å². The van der Waals surface area contributed by atoms with Crippen molar-refractivity contribution < 1.29 is 23.0 Å². The standard InChI is InChI=1S/C27H36F2O3/c1-3-5-7-8-10-20-18-31-27(32-19-20)22-13-11-21(12-14-22)23-15-16-24(26(29)25(23)28)30-17-9-6-4-2/h11-16,20,27H,3-10,17-19H2,1-2H3. The second-order valence-corrected chi connectivity index (χ2v) is 8.63. The van der Waals surface area contributed by atoms with Gasteiger partial charge in [0.15, 0.2) is 17.9 Å². The fraction of sp³-hybridized carbons (Fsp3) is 0.556. The molecule has 176 valence electrons. The Hall–Kier alpha value is -1.98. The van der Waals surface area contributed by atoms with E-state index < -0.39 is 17.9 Å². The summed E-state index contributed by atoms with van der Waals surface area (Å²) >= 11 is 0. The van der Waals surface area contributed by atoms with E-state index in [2.05, 4.69) is 13.8 Å². The molecule has 1 aliphatic heterocycles. The van der Waals surface area contributed by atoms with Gasteiger partial charge >= 0.3 is 0 Å². The van der Waals surface area contributed by atoms with Gasteiger partial charge in [-0.05, 0) is 30.5 Å². The summed E-state index contributed by atoms with van der Waals surface area (Å²) in [5, 5.41) is 0. The van der Waals surface area contributed by atoms with E-state index in [9.17, 15) is 8.78 Å². The zero-order valence-corrected chi connectivity index (χ0v) is 19.4. The molecule has 1 aliphatic rings. The second kappa shape index (κ2) is 12.9. The molecular weight excluding hydrogens is 410 g/mol. The Morgan fingerprint density at radius 3 is 2.19 bits per heavy atom. The first-order valence-electron chi connectivity index (χ1n) is 12.1. The van der Waals surface area contributed by atoms with Gasteiger partial charge in [0.05, 0.1) is 19.8 Å². The summed E-state index contributed by atoms with van der Waals surface area (Å²) in [5.74, 6) is -1.41. The van der Waals surface area contributed by atoms with Crippen LogP contribution in [0.3, 0.4) is 0 Å². The summed E-state index contributed by atoms with van der Waals surface area (Å²) in [6, 6.07) is 10.3. The van der Waals surface area contributed by atoms with Gasteiger partial charge in [-0.3, -0.25) is 0 Å². The molecule has 0 atom stereocenters. The van der Waals surface area contributed by atoms with E-state index in [-0.39, 0.29) is 11.3 Å². The fourth-order valence-electron chi connectivity index (χ4n) is 3.98. The molecule has 0 unspecified atom stereocenters. The minimum absolute atomic E-state index is 0.0350. The predicted octanol–water partition coefficient (Wildman–Crippen LogP) is 7.83. The lowest BCUT2D eigenvalue weighted by molar-refractivity contribution is -0.206. The van der Waals surface area contributed by atoms with Gasteiger partial charge in [0, 0.05) is 17.0 Å². The summed E-state index contributed by atoms with van der Waals surface area (Å²) in [6.45, 7) is 6.07. The third-order valence-electron chi connectivity index (χ3n) is 5.98. The van der Waals surface area contributed by atoms with Crippen LogP contribution in [-0.2, 0) is 9.47 Å². The van der Waals surface area contributed by atoms with Crippen LogP contribution in [0.2, 0.25) is 0 Å². The number of hydrogen-bond acceptors (Lipinski definition) is 3.